The Kier molecular flexibility index (Phi) is 4.30. The van der Waals surface area contributed by atoms with Gasteiger partial charge < -0.3 is 9.30 Å². The molecule has 6 nitrogen and oxygen atoms in total. The smallest absolute Gasteiger partial charge is 0.213 e. The minimum Gasteiger partial charge on any atom is -0.481 e. The van der Waals surface area contributed by atoms with Crippen LogP contribution >= 0.6 is 0 Å². The fourth-order valence-electron chi connectivity index (χ4n) is 3.46. The van der Waals surface area contributed by atoms with E-state index >= 15 is 0 Å². The van der Waals surface area contributed by atoms with Gasteiger partial charge in [0.05, 0.1) is 30.8 Å². The molecule has 0 fully saturated rings. The summed E-state index contributed by atoms with van der Waals surface area (Å²) < 4.78 is 45.0. The zero-order valence-electron chi connectivity index (χ0n) is 15.6. The van der Waals surface area contributed by atoms with Crippen LogP contribution < -0.4 is 4.74 Å². The predicted octanol–water partition coefficient (Wildman–Crippen LogP) is 3.48. The summed E-state index contributed by atoms with van der Waals surface area (Å²) in [5, 5.41) is 1.45. The van der Waals surface area contributed by atoms with Gasteiger partial charge in [0, 0.05) is 35.7 Å². The van der Waals surface area contributed by atoms with Crippen LogP contribution in [0.5, 0.6) is 5.88 Å². The Labute approximate surface area is 161 Å². The van der Waals surface area contributed by atoms with Gasteiger partial charge in [-0.05, 0) is 11.1 Å². The Bertz CT molecular complexity index is 1310. The lowest BCUT2D eigenvalue weighted by atomic mass is 10.0. The maximum Gasteiger partial charge on any atom is 0.213 e. The number of hydrogen-bond donors (Lipinski definition) is 0. The van der Waals surface area contributed by atoms with Crippen molar-refractivity contribution in [3.63, 3.8) is 0 Å². The van der Waals surface area contributed by atoms with Crippen molar-refractivity contribution in [2.75, 3.05) is 13.4 Å². The highest BCUT2D eigenvalue weighted by molar-refractivity contribution is 7.89. The molecular formula is C20H18FN3O3S. The molecule has 28 heavy (non-hydrogen) atoms. The molecule has 0 spiro atoms. The van der Waals surface area contributed by atoms with Crippen molar-refractivity contribution in [3.05, 3.63) is 54.1 Å². The van der Waals surface area contributed by atoms with E-state index in [9.17, 15) is 12.8 Å². The number of ether oxygens (including phenoxy) is 1. The van der Waals surface area contributed by atoms with E-state index in [0.717, 1.165) is 10.9 Å². The molecule has 0 unspecified atom stereocenters. The normalized spacial score (nSPS) is 12.0. The highest BCUT2D eigenvalue weighted by atomic mass is 32.2. The number of rotatable bonds is 4. The number of benzene rings is 1. The van der Waals surface area contributed by atoms with Gasteiger partial charge in [-0.15, -0.1) is 0 Å². The lowest BCUT2D eigenvalue weighted by Gasteiger charge is -2.08. The quantitative estimate of drug-likeness (QED) is 0.525. The van der Waals surface area contributed by atoms with E-state index in [-0.39, 0.29) is 5.75 Å². The van der Waals surface area contributed by atoms with Gasteiger partial charge in [-0.2, -0.15) is 0 Å². The molecule has 4 rings (SSSR count). The maximum absolute atomic E-state index is 14.9. The molecule has 0 radical (unpaired) electrons. The van der Waals surface area contributed by atoms with Gasteiger partial charge in [-0.25, -0.2) is 22.8 Å². The Morgan fingerprint density at radius 2 is 1.86 bits per heavy atom. The lowest BCUT2D eigenvalue weighted by Crippen LogP contribution is -2.00. The van der Waals surface area contributed by atoms with Crippen LogP contribution in [0.15, 0.2) is 42.7 Å². The van der Waals surface area contributed by atoms with Crippen molar-refractivity contribution in [3.8, 4) is 17.0 Å². The summed E-state index contributed by atoms with van der Waals surface area (Å²) >= 11 is 0. The van der Waals surface area contributed by atoms with Gasteiger partial charge in [-0.3, -0.25) is 0 Å². The average Bonchev–Trinajstić information content (AvgIpc) is 2.93. The van der Waals surface area contributed by atoms with Crippen molar-refractivity contribution in [1.29, 1.82) is 0 Å². The fourth-order valence-corrected chi connectivity index (χ4v) is 4.26. The molecular weight excluding hydrogens is 381 g/mol. The largest absolute Gasteiger partial charge is 0.481 e. The molecule has 3 aromatic heterocycles. The van der Waals surface area contributed by atoms with E-state index in [4.69, 9.17) is 4.74 Å². The number of pyridine rings is 2. The Morgan fingerprint density at radius 1 is 1.14 bits per heavy atom. The molecule has 1 aromatic carbocycles. The zero-order valence-corrected chi connectivity index (χ0v) is 16.4. The first-order chi connectivity index (χ1) is 13.3. The van der Waals surface area contributed by atoms with Crippen LogP contribution in [0.2, 0.25) is 0 Å². The molecule has 0 bridgehead atoms. The van der Waals surface area contributed by atoms with E-state index in [0.29, 0.717) is 33.6 Å². The first kappa shape index (κ1) is 18.4. The van der Waals surface area contributed by atoms with Crippen molar-refractivity contribution < 1.29 is 17.5 Å². The summed E-state index contributed by atoms with van der Waals surface area (Å²) in [5.74, 6) is -0.0797. The van der Waals surface area contributed by atoms with Gasteiger partial charge in [-0.1, -0.05) is 24.3 Å². The standard InChI is InChI=1S/C20H18FN3O3S/c1-24-16-10-22-17(27-2)8-14(16)19-18(15(21)9-23-20(19)24)13-6-4-12(5-7-13)11-28(3,25)26/h4-10H,11H2,1-3H3. The number of halogens is 1. The Balaban J connectivity index is 1.98. The summed E-state index contributed by atoms with van der Waals surface area (Å²) in [6.07, 6.45) is 4.06. The van der Waals surface area contributed by atoms with Crippen LogP contribution in [0.4, 0.5) is 4.39 Å². The van der Waals surface area contributed by atoms with Crippen LogP contribution in [0.25, 0.3) is 33.1 Å². The predicted molar refractivity (Wildman–Crippen MR) is 107 cm³/mol. The van der Waals surface area contributed by atoms with Crippen LogP contribution in [-0.2, 0) is 22.6 Å². The number of fused-ring (bicyclic) bond motifs is 3. The van der Waals surface area contributed by atoms with Crippen LogP contribution in [-0.4, -0.2) is 36.3 Å². The highest BCUT2D eigenvalue weighted by Gasteiger charge is 2.19. The SMILES string of the molecule is COc1cc2c3c(-c4ccc(CS(C)(=O)=O)cc4)c(F)cnc3n(C)c2cn1. The van der Waals surface area contributed by atoms with Crippen molar-refractivity contribution in [2.45, 2.75) is 5.75 Å². The first-order valence-electron chi connectivity index (χ1n) is 8.52. The molecule has 0 N–H and O–H groups in total. The number of nitrogens with zero attached hydrogens (tertiary/aromatic N) is 3. The first-order valence-corrected chi connectivity index (χ1v) is 10.6. The van der Waals surface area contributed by atoms with Crippen LogP contribution in [0.1, 0.15) is 5.56 Å². The topological polar surface area (TPSA) is 74.1 Å². The molecule has 4 aromatic rings. The van der Waals surface area contributed by atoms with Crippen LogP contribution in [0.3, 0.4) is 0 Å². The van der Waals surface area contributed by atoms with Crippen molar-refractivity contribution >= 4 is 31.8 Å². The summed E-state index contributed by atoms with van der Waals surface area (Å²) in [6, 6.07) is 8.64. The third-order valence-corrected chi connectivity index (χ3v) is 5.56. The van der Waals surface area contributed by atoms with Gasteiger partial charge in [0.2, 0.25) is 5.88 Å². The minimum atomic E-state index is -3.14. The van der Waals surface area contributed by atoms with E-state index < -0.39 is 15.7 Å². The molecule has 8 heteroatoms. The van der Waals surface area contributed by atoms with E-state index in [2.05, 4.69) is 9.97 Å². The zero-order chi connectivity index (χ0) is 20.1. The summed E-state index contributed by atoms with van der Waals surface area (Å²) in [6.45, 7) is 0. The molecule has 0 aliphatic heterocycles. The fraction of sp³-hybridized carbons (Fsp3) is 0.200. The molecule has 0 saturated heterocycles. The molecule has 0 aliphatic rings. The monoisotopic (exact) mass is 399 g/mol. The lowest BCUT2D eigenvalue weighted by molar-refractivity contribution is 0.398. The molecule has 0 amide bonds. The number of hydrogen-bond acceptors (Lipinski definition) is 5. The van der Waals surface area contributed by atoms with Gasteiger partial charge in [0.15, 0.2) is 9.84 Å². The van der Waals surface area contributed by atoms with Gasteiger partial charge in [0.25, 0.3) is 0 Å². The van der Waals surface area contributed by atoms with Crippen molar-refractivity contribution in [1.82, 2.24) is 14.5 Å². The average molecular weight is 399 g/mol. The molecule has 0 saturated carbocycles. The number of methoxy groups -OCH3 is 1. The third kappa shape index (κ3) is 3.09. The van der Waals surface area contributed by atoms with E-state index in [1.165, 1.54) is 19.6 Å². The number of aromatic nitrogens is 3. The second kappa shape index (κ2) is 6.56. The Morgan fingerprint density at radius 3 is 2.50 bits per heavy atom. The second-order valence-corrected chi connectivity index (χ2v) is 8.89. The number of aryl methyl sites for hydroxylation is 1. The van der Waals surface area contributed by atoms with E-state index in [1.807, 2.05) is 11.6 Å². The molecule has 144 valence electrons. The molecule has 0 aliphatic carbocycles. The summed E-state index contributed by atoms with van der Waals surface area (Å²) in [4.78, 5) is 8.50. The summed E-state index contributed by atoms with van der Waals surface area (Å²) in [7, 11) is 0.238. The highest BCUT2D eigenvalue weighted by Crippen LogP contribution is 2.37. The second-order valence-electron chi connectivity index (χ2n) is 6.75. The van der Waals surface area contributed by atoms with Crippen molar-refractivity contribution in [2.24, 2.45) is 7.05 Å². The molecule has 0 atom stereocenters. The minimum absolute atomic E-state index is 0.0569. The summed E-state index contributed by atoms with van der Waals surface area (Å²) in [5.41, 5.74) is 3.14. The molecule has 3 heterocycles. The van der Waals surface area contributed by atoms with E-state index in [1.54, 1.807) is 36.5 Å². The maximum atomic E-state index is 14.9. The van der Waals surface area contributed by atoms with Gasteiger partial charge in [0.1, 0.15) is 11.5 Å². The van der Waals surface area contributed by atoms with Crippen LogP contribution in [0, 0.1) is 5.82 Å². The number of sulfone groups is 1. The van der Waals surface area contributed by atoms with Gasteiger partial charge >= 0.3 is 0 Å². The third-order valence-electron chi connectivity index (χ3n) is 4.70. The Hall–Kier alpha value is -3.00.